The first-order chi connectivity index (χ1) is 58.0. The Morgan fingerprint density at radius 2 is 0.789 bits per heavy atom. The lowest BCUT2D eigenvalue weighted by Gasteiger charge is -2.32. The summed E-state index contributed by atoms with van der Waals surface area (Å²) in [5.74, 6) is 0.706. The lowest BCUT2D eigenvalue weighted by molar-refractivity contribution is -0.146. The number of ether oxygens (including phenoxy) is 6. The zero-order valence-electron chi connectivity index (χ0n) is 68.6. The van der Waals surface area contributed by atoms with Crippen LogP contribution in [0.3, 0.4) is 0 Å². The number of aliphatic carboxylic acids is 1. The van der Waals surface area contributed by atoms with Crippen LogP contribution in [0.4, 0.5) is 48.7 Å². The smallest absolute Gasteiger partial charge is 0.481 e. The van der Waals surface area contributed by atoms with Gasteiger partial charge in [-0.3, -0.25) is 14.4 Å². The van der Waals surface area contributed by atoms with E-state index in [1.165, 1.54) is 12.3 Å². The third-order valence-corrected chi connectivity index (χ3v) is 26.2. The molecule has 6 aliphatic heterocycles. The van der Waals surface area contributed by atoms with Crippen molar-refractivity contribution < 1.29 is 96.2 Å². The van der Waals surface area contributed by atoms with Gasteiger partial charge in [-0.15, -0.1) is 0 Å². The molecule has 35 nitrogen and oxygen atoms in total. The average molecular weight is 1970 g/mol. The third-order valence-electron chi connectivity index (χ3n) is 22.6. The summed E-state index contributed by atoms with van der Waals surface area (Å²) in [5, 5.41) is 10.9. The van der Waals surface area contributed by atoms with Crippen LogP contribution in [0.15, 0.2) is 42.6 Å². The number of hydrogen-bond donors (Lipinski definition) is 2. The van der Waals surface area contributed by atoms with Crippen LogP contribution in [0, 0.1) is 0 Å². The number of carbonyl (C=O) groups is 4. The highest BCUT2D eigenvalue weighted by atomic mass is 127. The number of rotatable bonds is 19. The molecule has 11 fully saturated rings. The molecule has 6 aromatic heterocycles. The van der Waals surface area contributed by atoms with Gasteiger partial charge in [0.2, 0.25) is 33.5 Å². The van der Waals surface area contributed by atoms with Crippen LogP contribution in [0.25, 0.3) is 0 Å². The Morgan fingerprint density at radius 3 is 1.07 bits per heavy atom. The van der Waals surface area contributed by atoms with Gasteiger partial charge in [-0.25, -0.2) is 68.0 Å². The van der Waals surface area contributed by atoms with Crippen LogP contribution in [-0.4, -0.2) is 273 Å². The number of morpholine rings is 5. The van der Waals surface area contributed by atoms with E-state index >= 15 is 0 Å². The van der Waals surface area contributed by atoms with Gasteiger partial charge in [0.25, 0.3) is 0 Å². The number of nitrogen functional groups attached to an aromatic ring is 1. The third kappa shape index (κ3) is 23.9. The fourth-order valence-electron chi connectivity index (χ4n) is 14.1. The number of nitrogens with zero attached hydrogens (tertiary/aromatic N) is 16. The summed E-state index contributed by atoms with van der Waals surface area (Å²) in [6, 6.07) is 8.93. The molecule has 0 radical (unpaired) electrons. The minimum atomic E-state index is -4.55. The summed E-state index contributed by atoms with van der Waals surface area (Å²) in [4.78, 5) is 105. The minimum absolute atomic E-state index is 0.121. The number of esters is 1. The Hall–Kier alpha value is -6.92. The predicted octanol–water partition coefficient (Wildman–Crippen LogP) is 8.13. The van der Waals surface area contributed by atoms with E-state index in [0.717, 1.165) is 108 Å². The van der Waals surface area contributed by atoms with Gasteiger partial charge < -0.3 is 77.3 Å². The van der Waals surface area contributed by atoms with Crippen molar-refractivity contribution in [2.45, 2.75) is 143 Å². The minimum Gasteiger partial charge on any atom is -0.481 e. The van der Waals surface area contributed by atoms with Gasteiger partial charge in [-0.05, 0) is 135 Å². The van der Waals surface area contributed by atoms with E-state index < -0.39 is 83.6 Å². The highest BCUT2D eigenvalue weighted by Gasteiger charge is 2.59. The van der Waals surface area contributed by atoms with Gasteiger partial charge >= 0.3 is 41.3 Å². The maximum absolute atomic E-state index is 13.1. The second-order valence-electron chi connectivity index (χ2n) is 32.2. The Balaban J connectivity index is 0.000000135. The normalized spacial score (nSPS) is 20.9. The highest BCUT2D eigenvalue weighted by molar-refractivity contribution is 14.1. The van der Waals surface area contributed by atoms with Gasteiger partial charge in [0.15, 0.2) is 0 Å². The van der Waals surface area contributed by atoms with Crippen LogP contribution in [0.2, 0.25) is 25.8 Å². The summed E-state index contributed by atoms with van der Waals surface area (Å²) in [6.07, 6.45) is 5.64. The van der Waals surface area contributed by atoms with Gasteiger partial charge in [-0.2, -0.15) is 21.6 Å². The van der Waals surface area contributed by atoms with Crippen LogP contribution in [0.1, 0.15) is 133 Å². The summed E-state index contributed by atoms with van der Waals surface area (Å²) in [6.45, 7) is 22.6. The van der Waals surface area contributed by atoms with Crippen molar-refractivity contribution in [2.24, 2.45) is 0 Å². The molecule has 12 heterocycles. The van der Waals surface area contributed by atoms with E-state index in [4.69, 9.17) is 101 Å². The molecule has 5 saturated carbocycles. The number of hydrogen-bond acceptors (Lipinski definition) is 34. The number of pyridine rings is 1. The average Bonchev–Trinajstić information content (AvgIpc) is 1.63. The molecule has 0 unspecified atom stereocenters. The van der Waals surface area contributed by atoms with Crippen LogP contribution >= 0.6 is 80.6 Å². The first-order valence-corrected chi connectivity index (χ1v) is 46.6. The molecule has 17 rings (SSSR count). The summed E-state index contributed by atoms with van der Waals surface area (Å²) in [5.41, 5.74) is 2.62. The quantitative estimate of drug-likeness (QED) is 0.0193. The lowest BCUT2D eigenvalue weighted by atomic mass is 9.77. The number of alkyl halides is 3. The number of anilines is 6. The zero-order chi connectivity index (χ0) is 88.9. The molecule has 0 amide bonds. The first-order valence-electron chi connectivity index (χ1n) is 39.8. The largest absolute Gasteiger partial charge is 0.497 e. The van der Waals surface area contributed by atoms with E-state index in [0.29, 0.717) is 192 Å². The number of carboxylic acid groups (broad SMARTS) is 1. The van der Waals surface area contributed by atoms with Crippen molar-refractivity contribution in [3.05, 3.63) is 102 Å². The molecule has 123 heavy (non-hydrogen) atoms. The molecule has 670 valence electrons. The number of carboxylic acids is 1. The molecule has 47 heteroatoms. The monoisotopic (exact) mass is 1970 g/mol. The zero-order valence-corrected chi connectivity index (χ0v) is 76.2. The Kier molecular flexibility index (Phi) is 30.2. The standard InChI is InChI=1S/C14H18ClN3O3.C13H16ClN3O5S.C13H18ClN3O3S.C12H16BF3N2O2.C12H13ClIN3O2.C12H14ClN3O3/c1-2-21-12(19)14(3-4-14)10-9-11(15)17-13(16-10)18-5-7-20-8-6-18;1-23(19,20)22-11(18)13(2-3-13)9-8-10(14)16-12(15-9)17-4-6-21-7-5-17;1-21(18,19)9-13(2-3-13)10-8-11(14)16-12(15-10)17-4-6-20-7-5-17;1-10(2)11(3,4)20-13(19-10)8-6-18-9(17)5-7(8)12(14,15)16;13-9-7-8(12(1-2-12)10(14)18)15-11(16-9)17-3-5-19-6-4-17;13-9-7-8(12(1-2-12)10(17)18)14-11(15-9)16-3-5-19-6-4-16/h9H,2-8H2,1H3;8H,2-7H2,1H3;8H,2-7,9H2,1H3;5-6H,1-4H3,(H2,17,18);7H,1-6H2;7H,1-6H2,(H,17,18). The Bertz CT molecular complexity index is 4980. The highest BCUT2D eigenvalue weighted by Crippen LogP contribution is 2.54. The topological polar surface area (TPSA) is 424 Å². The molecule has 5 aliphatic carbocycles. The van der Waals surface area contributed by atoms with Gasteiger partial charge in [-0.1, -0.05) is 58.0 Å². The molecule has 3 N–H and O–H groups in total. The summed E-state index contributed by atoms with van der Waals surface area (Å²) in [7, 11) is -8.04. The predicted molar refractivity (Wildman–Crippen MR) is 458 cm³/mol. The molecule has 6 saturated heterocycles. The molecule has 11 aliphatic rings. The van der Waals surface area contributed by atoms with Crippen LogP contribution in [0.5, 0.6) is 0 Å². The van der Waals surface area contributed by atoms with E-state index in [2.05, 4.69) is 59.0 Å². The lowest BCUT2D eigenvalue weighted by Crippen LogP contribution is -2.41. The summed E-state index contributed by atoms with van der Waals surface area (Å²) >= 11 is 32.2. The van der Waals surface area contributed by atoms with E-state index in [1.807, 2.05) is 47.1 Å². The van der Waals surface area contributed by atoms with Crippen molar-refractivity contribution in [2.75, 3.05) is 187 Å². The molecule has 0 spiro atoms. The van der Waals surface area contributed by atoms with Crippen LogP contribution in [-0.2, 0) is 114 Å². The first kappa shape index (κ1) is 95.2. The van der Waals surface area contributed by atoms with E-state index in [1.54, 1.807) is 58.9 Å². The molecular weight excluding hydrogens is 1880 g/mol. The molecule has 6 aromatic rings. The van der Waals surface area contributed by atoms with Crippen LogP contribution < -0.4 is 35.7 Å². The maximum Gasteiger partial charge on any atom is 0.497 e. The second kappa shape index (κ2) is 39.0. The Labute approximate surface area is 748 Å². The molecule has 0 bridgehead atoms. The van der Waals surface area contributed by atoms with Crippen molar-refractivity contribution in [1.82, 2.24) is 54.8 Å². The van der Waals surface area contributed by atoms with Crippen molar-refractivity contribution >= 4 is 170 Å². The number of nitrogens with two attached hydrogens (primary N) is 1. The van der Waals surface area contributed by atoms with Crippen molar-refractivity contribution in [3.63, 3.8) is 0 Å². The fourth-order valence-corrected chi connectivity index (χ4v) is 17.7. The van der Waals surface area contributed by atoms with Gasteiger partial charge in [0.1, 0.15) is 57.7 Å². The van der Waals surface area contributed by atoms with Gasteiger partial charge in [0.05, 0.1) is 135 Å². The number of halogens is 9. The Morgan fingerprint density at radius 1 is 0.488 bits per heavy atom. The summed E-state index contributed by atoms with van der Waals surface area (Å²) < 4.78 is 132. The fraction of sp³-hybridized carbons (Fsp3) is 0.618. The van der Waals surface area contributed by atoms with Crippen molar-refractivity contribution in [3.8, 4) is 0 Å². The molecular formula is C76H95BCl5F3IN17O18S2. The second-order valence-corrected chi connectivity index (χ2v) is 38.8. The van der Waals surface area contributed by atoms with E-state index in [-0.39, 0.29) is 37.4 Å². The van der Waals surface area contributed by atoms with E-state index in [9.17, 15) is 54.3 Å². The SMILES string of the molecule is CC1(C)OB(c2cnc(N)cc2C(F)(F)F)OC1(C)C.CCOC(=O)C1(c2cc(Cl)nc(N3CCOCC3)n2)CC1.CS(=O)(=O)CC1(c2cc(Cl)nc(N3CCOCC3)n2)CC1.CS(=O)(=O)OC(=O)C1(c2cc(Cl)nc(N3CCOCC3)n2)CC1.O=C(I)C1(c2cc(Cl)nc(N3CCOCC3)n2)CC1.O=C(O)C1(c2cc(Cl)nc(N3CCOCC3)n2)CC1. The molecule has 0 atom stereocenters. The molecule has 0 aromatic carbocycles. The van der Waals surface area contributed by atoms with Gasteiger partial charge in [0, 0.05) is 111 Å². The number of sulfone groups is 1. The number of aromatic nitrogens is 11. The van der Waals surface area contributed by atoms with Crippen molar-refractivity contribution in [1.29, 1.82) is 0 Å². The maximum atomic E-state index is 13.1. The number of carbonyl (C=O) groups excluding carboxylic acids is 3.